The summed E-state index contributed by atoms with van der Waals surface area (Å²) in [4.78, 5) is 12.7. The molecule has 0 radical (unpaired) electrons. The maximum absolute atomic E-state index is 14.1. The zero-order chi connectivity index (χ0) is 20.6. The lowest BCUT2D eigenvalue weighted by molar-refractivity contribution is 0.102. The Morgan fingerprint density at radius 2 is 1.93 bits per heavy atom. The van der Waals surface area contributed by atoms with Gasteiger partial charge < -0.3 is 9.88 Å². The van der Waals surface area contributed by atoms with Crippen LogP contribution in [0.4, 0.5) is 14.6 Å². The highest BCUT2D eigenvalue weighted by Crippen LogP contribution is 2.25. The lowest BCUT2D eigenvalue weighted by Crippen LogP contribution is -2.25. The highest BCUT2D eigenvalue weighted by atomic mass is 19.1. The van der Waals surface area contributed by atoms with Gasteiger partial charge >= 0.3 is 0 Å². The average Bonchev–Trinajstić information content (AvgIpc) is 3.18. The van der Waals surface area contributed by atoms with Crippen molar-refractivity contribution in [1.82, 2.24) is 14.3 Å². The fourth-order valence-corrected chi connectivity index (χ4v) is 2.84. The maximum Gasteiger partial charge on any atom is 0.277 e. The van der Waals surface area contributed by atoms with Crippen molar-refractivity contribution in [2.24, 2.45) is 0 Å². The van der Waals surface area contributed by atoms with Crippen LogP contribution in [0.25, 0.3) is 5.69 Å². The Kier molecular flexibility index (Phi) is 4.77. The largest absolute Gasteiger partial charge is 0.328 e. The standard InChI is InChI=1S/C20H19F2N5O/c1-12-7-16(25-27(12)17-6-5-14(21)9-15(17)22)19(28)24-18-8-13(10-23)11-26(18)20(2,3)4/h5-9,11H,1-4H3,(H,24,28). The molecule has 0 bridgehead atoms. The van der Waals surface area contributed by atoms with Gasteiger partial charge in [-0.2, -0.15) is 10.4 Å². The molecule has 6 nitrogen and oxygen atoms in total. The molecule has 2 aromatic heterocycles. The summed E-state index contributed by atoms with van der Waals surface area (Å²) in [5.74, 6) is -1.52. The Balaban J connectivity index is 1.93. The summed E-state index contributed by atoms with van der Waals surface area (Å²) < 4.78 is 30.2. The number of anilines is 1. The molecule has 0 saturated carbocycles. The highest BCUT2D eigenvalue weighted by Gasteiger charge is 2.21. The van der Waals surface area contributed by atoms with E-state index in [0.717, 1.165) is 12.1 Å². The van der Waals surface area contributed by atoms with E-state index in [1.54, 1.807) is 23.8 Å². The van der Waals surface area contributed by atoms with Crippen molar-refractivity contribution < 1.29 is 13.6 Å². The minimum atomic E-state index is -0.779. The molecule has 1 aromatic carbocycles. The Morgan fingerprint density at radius 3 is 2.54 bits per heavy atom. The number of halogens is 2. The van der Waals surface area contributed by atoms with Gasteiger partial charge in [-0.05, 0) is 52.0 Å². The van der Waals surface area contributed by atoms with E-state index in [9.17, 15) is 13.6 Å². The van der Waals surface area contributed by atoms with Crippen molar-refractivity contribution in [2.45, 2.75) is 33.2 Å². The van der Waals surface area contributed by atoms with Crippen molar-refractivity contribution in [3.8, 4) is 11.8 Å². The minimum absolute atomic E-state index is 0.0442. The first-order chi connectivity index (χ1) is 13.1. The first-order valence-electron chi connectivity index (χ1n) is 8.56. The fraction of sp³-hybridized carbons (Fsp3) is 0.250. The fourth-order valence-electron chi connectivity index (χ4n) is 2.84. The predicted molar refractivity (Wildman–Crippen MR) is 100 cm³/mol. The van der Waals surface area contributed by atoms with Crippen molar-refractivity contribution in [3.63, 3.8) is 0 Å². The third kappa shape index (κ3) is 3.64. The van der Waals surface area contributed by atoms with Crippen LogP contribution in [0.1, 0.15) is 42.5 Å². The van der Waals surface area contributed by atoms with Gasteiger partial charge in [0, 0.05) is 23.5 Å². The van der Waals surface area contributed by atoms with Gasteiger partial charge in [-0.15, -0.1) is 0 Å². The van der Waals surface area contributed by atoms with E-state index in [-0.39, 0.29) is 16.9 Å². The highest BCUT2D eigenvalue weighted by molar-refractivity contribution is 6.02. The number of carbonyl (C=O) groups excluding carboxylic acids is 1. The van der Waals surface area contributed by atoms with E-state index in [0.29, 0.717) is 17.1 Å². The summed E-state index contributed by atoms with van der Waals surface area (Å²) in [5.41, 5.74) is 0.689. The van der Waals surface area contributed by atoms with E-state index in [1.807, 2.05) is 20.8 Å². The lowest BCUT2D eigenvalue weighted by Gasteiger charge is -2.24. The molecule has 144 valence electrons. The monoisotopic (exact) mass is 383 g/mol. The molecule has 1 amide bonds. The van der Waals surface area contributed by atoms with Crippen LogP contribution in [-0.2, 0) is 5.54 Å². The number of benzene rings is 1. The van der Waals surface area contributed by atoms with Gasteiger partial charge in [0.15, 0.2) is 11.5 Å². The summed E-state index contributed by atoms with van der Waals surface area (Å²) in [6.07, 6.45) is 1.66. The van der Waals surface area contributed by atoms with Crippen LogP contribution in [-0.4, -0.2) is 20.3 Å². The molecule has 0 unspecified atom stereocenters. The van der Waals surface area contributed by atoms with E-state index in [1.165, 1.54) is 16.8 Å². The molecular formula is C20H19F2N5O. The smallest absolute Gasteiger partial charge is 0.277 e. The number of nitriles is 1. The number of amides is 1. The molecule has 0 spiro atoms. The van der Waals surface area contributed by atoms with Crippen LogP contribution in [0, 0.1) is 29.9 Å². The molecule has 8 heteroatoms. The van der Waals surface area contributed by atoms with Gasteiger partial charge in [-0.1, -0.05) is 0 Å². The van der Waals surface area contributed by atoms with Gasteiger partial charge in [0.05, 0.1) is 5.56 Å². The van der Waals surface area contributed by atoms with Crippen LogP contribution in [0.3, 0.4) is 0 Å². The Labute approximate surface area is 161 Å². The normalized spacial score (nSPS) is 11.3. The second-order valence-corrected chi connectivity index (χ2v) is 7.40. The summed E-state index contributed by atoms with van der Waals surface area (Å²) in [7, 11) is 0. The Bertz CT molecular complexity index is 1100. The average molecular weight is 383 g/mol. The number of rotatable bonds is 3. The first kappa shape index (κ1) is 19.3. The number of hydrogen-bond acceptors (Lipinski definition) is 3. The van der Waals surface area contributed by atoms with E-state index in [4.69, 9.17) is 5.26 Å². The van der Waals surface area contributed by atoms with Crippen LogP contribution in [0.15, 0.2) is 36.5 Å². The molecule has 0 aliphatic rings. The lowest BCUT2D eigenvalue weighted by atomic mass is 10.1. The molecule has 0 atom stereocenters. The zero-order valence-electron chi connectivity index (χ0n) is 15.9. The predicted octanol–water partition coefficient (Wildman–Crippen LogP) is 4.14. The van der Waals surface area contributed by atoms with Gasteiger partial charge in [0.2, 0.25) is 0 Å². The molecule has 0 aliphatic carbocycles. The van der Waals surface area contributed by atoms with Crippen molar-refractivity contribution in [3.05, 3.63) is 65.1 Å². The second-order valence-electron chi connectivity index (χ2n) is 7.40. The summed E-state index contributed by atoms with van der Waals surface area (Å²) >= 11 is 0. The van der Waals surface area contributed by atoms with Crippen LogP contribution >= 0.6 is 0 Å². The minimum Gasteiger partial charge on any atom is -0.328 e. The number of nitrogens with zero attached hydrogens (tertiary/aromatic N) is 4. The van der Waals surface area contributed by atoms with Gasteiger partial charge in [0.25, 0.3) is 5.91 Å². The molecule has 2 heterocycles. The molecular weight excluding hydrogens is 364 g/mol. The van der Waals surface area contributed by atoms with Gasteiger partial charge in [0.1, 0.15) is 23.4 Å². The molecule has 1 N–H and O–H groups in total. The first-order valence-corrected chi connectivity index (χ1v) is 8.56. The number of aromatic nitrogens is 3. The third-order valence-corrected chi connectivity index (χ3v) is 4.17. The van der Waals surface area contributed by atoms with Crippen LogP contribution in [0.2, 0.25) is 0 Å². The van der Waals surface area contributed by atoms with Crippen molar-refractivity contribution in [1.29, 1.82) is 5.26 Å². The second kappa shape index (κ2) is 6.93. The zero-order valence-corrected chi connectivity index (χ0v) is 15.9. The number of hydrogen-bond donors (Lipinski definition) is 1. The number of aryl methyl sites for hydroxylation is 1. The molecule has 28 heavy (non-hydrogen) atoms. The van der Waals surface area contributed by atoms with Crippen LogP contribution in [0.5, 0.6) is 0 Å². The summed E-state index contributed by atoms with van der Waals surface area (Å²) in [5, 5.41) is 16.1. The SMILES string of the molecule is Cc1cc(C(=O)Nc2cc(C#N)cn2C(C)(C)C)nn1-c1ccc(F)cc1F. The molecule has 0 fully saturated rings. The molecule has 3 aromatic rings. The van der Waals surface area contributed by atoms with Crippen molar-refractivity contribution >= 4 is 11.7 Å². The van der Waals surface area contributed by atoms with E-state index < -0.39 is 17.5 Å². The van der Waals surface area contributed by atoms with E-state index >= 15 is 0 Å². The maximum atomic E-state index is 14.1. The summed E-state index contributed by atoms with van der Waals surface area (Å²) in [6.45, 7) is 7.50. The van der Waals surface area contributed by atoms with Gasteiger partial charge in [-0.3, -0.25) is 4.79 Å². The quantitative estimate of drug-likeness (QED) is 0.739. The van der Waals surface area contributed by atoms with Crippen LogP contribution < -0.4 is 5.32 Å². The Morgan fingerprint density at radius 1 is 1.21 bits per heavy atom. The molecule has 0 saturated heterocycles. The van der Waals surface area contributed by atoms with E-state index in [2.05, 4.69) is 16.5 Å². The molecule has 3 rings (SSSR count). The Hall–Kier alpha value is -3.47. The number of carbonyl (C=O) groups is 1. The molecule has 0 aliphatic heterocycles. The summed E-state index contributed by atoms with van der Waals surface area (Å²) in [6, 6.07) is 8.28. The third-order valence-electron chi connectivity index (χ3n) is 4.17. The van der Waals surface area contributed by atoms with Gasteiger partial charge in [-0.25, -0.2) is 13.5 Å². The number of nitrogens with one attached hydrogen (secondary N) is 1. The topological polar surface area (TPSA) is 75.6 Å². The van der Waals surface area contributed by atoms with Crippen molar-refractivity contribution in [2.75, 3.05) is 5.32 Å².